The molecule has 0 saturated heterocycles. The van der Waals surface area contributed by atoms with Crippen LogP contribution in [0.1, 0.15) is 22.3 Å². The summed E-state index contributed by atoms with van der Waals surface area (Å²) in [5.74, 6) is 0.740. The van der Waals surface area contributed by atoms with Crippen molar-refractivity contribution in [2.24, 2.45) is 0 Å². The summed E-state index contributed by atoms with van der Waals surface area (Å²) in [5, 5.41) is 0. The molecule has 0 atom stereocenters. The van der Waals surface area contributed by atoms with Crippen molar-refractivity contribution in [2.45, 2.75) is 12.8 Å². The molecule has 4 nitrogen and oxygen atoms in total. The molecule has 3 aromatic rings. The standard InChI is InChI=1S/C22H20N2O2/c1-26-20-10-9-17-8-5-11-24(21(17)13-20)22(25)19-12-18(14-23-15-19)16-6-3-2-4-7-16/h2-4,6-7,9-10,12-15H,5,8,11H2,1H3. The first-order valence-corrected chi connectivity index (χ1v) is 8.75. The number of nitrogens with zero attached hydrogens (tertiary/aromatic N) is 2. The Bertz CT molecular complexity index is 938. The second-order valence-corrected chi connectivity index (χ2v) is 6.38. The fourth-order valence-electron chi connectivity index (χ4n) is 3.39. The minimum atomic E-state index is -0.0236. The summed E-state index contributed by atoms with van der Waals surface area (Å²) in [5.41, 5.74) is 4.71. The number of fused-ring (bicyclic) bond motifs is 1. The number of aryl methyl sites for hydroxylation is 1. The third-order valence-electron chi connectivity index (χ3n) is 4.75. The van der Waals surface area contributed by atoms with Crippen LogP contribution in [-0.4, -0.2) is 24.5 Å². The maximum Gasteiger partial charge on any atom is 0.259 e. The summed E-state index contributed by atoms with van der Waals surface area (Å²) in [6.07, 6.45) is 5.37. The zero-order chi connectivity index (χ0) is 17.9. The van der Waals surface area contributed by atoms with Gasteiger partial charge in [0.1, 0.15) is 5.75 Å². The normalized spacial score (nSPS) is 13.2. The van der Waals surface area contributed by atoms with E-state index in [-0.39, 0.29) is 5.91 Å². The summed E-state index contributed by atoms with van der Waals surface area (Å²) >= 11 is 0. The molecule has 1 aliphatic rings. The number of benzene rings is 2. The summed E-state index contributed by atoms with van der Waals surface area (Å²) in [6, 6.07) is 17.8. The van der Waals surface area contributed by atoms with Gasteiger partial charge in [-0.25, -0.2) is 0 Å². The molecule has 1 aromatic heterocycles. The summed E-state index contributed by atoms with van der Waals surface area (Å²) in [6.45, 7) is 0.703. The van der Waals surface area contributed by atoms with Gasteiger partial charge in [-0.1, -0.05) is 36.4 Å². The van der Waals surface area contributed by atoms with Crippen molar-refractivity contribution in [3.63, 3.8) is 0 Å². The number of amides is 1. The molecule has 0 bridgehead atoms. The van der Waals surface area contributed by atoms with Gasteiger partial charge in [0.05, 0.1) is 18.4 Å². The van der Waals surface area contributed by atoms with E-state index in [4.69, 9.17) is 4.74 Å². The SMILES string of the molecule is COc1ccc2c(c1)N(C(=O)c1cncc(-c3ccccc3)c1)CCC2. The van der Waals surface area contributed by atoms with Gasteiger partial charge in [-0.3, -0.25) is 9.78 Å². The molecule has 130 valence electrons. The van der Waals surface area contributed by atoms with Gasteiger partial charge >= 0.3 is 0 Å². The zero-order valence-corrected chi connectivity index (χ0v) is 14.7. The van der Waals surface area contributed by atoms with Crippen LogP contribution in [0.4, 0.5) is 5.69 Å². The topological polar surface area (TPSA) is 42.4 Å². The number of anilines is 1. The second kappa shape index (κ2) is 7.00. The second-order valence-electron chi connectivity index (χ2n) is 6.38. The van der Waals surface area contributed by atoms with Crippen LogP contribution in [0, 0.1) is 0 Å². The first-order chi connectivity index (χ1) is 12.8. The van der Waals surface area contributed by atoms with E-state index >= 15 is 0 Å². The lowest BCUT2D eigenvalue weighted by Gasteiger charge is -2.30. The number of pyridine rings is 1. The molecule has 2 aromatic carbocycles. The minimum absolute atomic E-state index is 0.0236. The van der Waals surface area contributed by atoms with E-state index in [0.717, 1.165) is 35.4 Å². The first kappa shape index (κ1) is 16.3. The molecule has 0 unspecified atom stereocenters. The molecule has 4 heteroatoms. The molecule has 0 spiro atoms. The number of carbonyl (C=O) groups is 1. The highest BCUT2D eigenvalue weighted by Crippen LogP contribution is 2.32. The van der Waals surface area contributed by atoms with E-state index in [1.165, 1.54) is 5.56 Å². The van der Waals surface area contributed by atoms with Gasteiger partial charge in [-0.15, -0.1) is 0 Å². The number of aromatic nitrogens is 1. The monoisotopic (exact) mass is 344 g/mol. The van der Waals surface area contributed by atoms with E-state index in [9.17, 15) is 4.79 Å². The Hall–Kier alpha value is -3.14. The molecular weight excluding hydrogens is 324 g/mol. The van der Waals surface area contributed by atoms with Crippen LogP contribution in [0.5, 0.6) is 5.75 Å². The van der Waals surface area contributed by atoms with E-state index in [1.807, 2.05) is 59.5 Å². The van der Waals surface area contributed by atoms with Gasteiger partial charge in [-0.05, 0) is 36.1 Å². The Morgan fingerprint density at radius 1 is 1.04 bits per heavy atom. The lowest BCUT2D eigenvalue weighted by atomic mass is 10.00. The summed E-state index contributed by atoms with van der Waals surface area (Å²) < 4.78 is 5.34. The van der Waals surface area contributed by atoms with Gasteiger partial charge in [0.15, 0.2) is 0 Å². The van der Waals surface area contributed by atoms with Gasteiger partial charge in [0.25, 0.3) is 5.91 Å². The molecule has 0 fully saturated rings. The maximum absolute atomic E-state index is 13.2. The van der Waals surface area contributed by atoms with Gasteiger partial charge < -0.3 is 9.64 Å². The Morgan fingerprint density at radius 2 is 1.88 bits per heavy atom. The summed E-state index contributed by atoms with van der Waals surface area (Å²) in [7, 11) is 1.64. The van der Waals surface area contributed by atoms with Crippen LogP contribution in [0.15, 0.2) is 67.0 Å². The average Bonchev–Trinajstić information content (AvgIpc) is 2.73. The predicted octanol–water partition coefficient (Wildman–Crippen LogP) is 4.35. The van der Waals surface area contributed by atoms with E-state index in [1.54, 1.807) is 19.5 Å². The highest BCUT2D eigenvalue weighted by Gasteiger charge is 2.24. The molecule has 1 aliphatic heterocycles. The Kier molecular flexibility index (Phi) is 4.40. The van der Waals surface area contributed by atoms with Crippen LogP contribution < -0.4 is 9.64 Å². The van der Waals surface area contributed by atoms with Crippen LogP contribution in [-0.2, 0) is 6.42 Å². The van der Waals surface area contributed by atoms with Crippen LogP contribution >= 0.6 is 0 Å². The van der Waals surface area contributed by atoms with E-state index < -0.39 is 0 Å². The van der Waals surface area contributed by atoms with Crippen molar-refractivity contribution < 1.29 is 9.53 Å². The van der Waals surface area contributed by atoms with Crippen molar-refractivity contribution >= 4 is 11.6 Å². The van der Waals surface area contributed by atoms with Crippen molar-refractivity contribution in [3.8, 4) is 16.9 Å². The van der Waals surface area contributed by atoms with Crippen molar-refractivity contribution in [3.05, 3.63) is 78.1 Å². The highest BCUT2D eigenvalue weighted by atomic mass is 16.5. The number of carbonyl (C=O) groups excluding carboxylic acids is 1. The molecule has 0 N–H and O–H groups in total. The molecule has 0 saturated carbocycles. The lowest BCUT2D eigenvalue weighted by molar-refractivity contribution is 0.0985. The van der Waals surface area contributed by atoms with Crippen molar-refractivity contribution in [2.75, 3.05) is 18.6 Å². The molecule has 1 amide bonds. The fraction of sp³-hybridized carbons (Fsp3) is 0.182. The van der Waals surface area contributed by atoms with E-state index in [0.29, 0.717) is 12.1 Å². The number of rotatable bonds is 3. The van der Waals surface area contributed by atoms with E-state index in [2.05, 4.69) is 4.98 Å². The fourth-order valence-corrected chi connectivity index (χ4v) is 3.39. The number of hydrogen-bond acceptors (Lipinski definition) is 3. The molecule has 0 aliphatic carbocycles. The van der Waals surface area contributed by atoms with Crippen molar-refractivity contribution in [1.82, 2.24) is 4.98 Å². The minimum Gasteiger partial charge on any atom is -0.497 e. The Morgan fingerprint density at radius 3 is 2.69 bits per heavy atom. The van der Waals surface area contributed by atoms with Gasteiger partial charge in [0, 0.05) is 30.6 Å². The third-order valence-corrected chi connectivity index (χ3v) is 4.75. The number of methoxy groups -OCH3 is 1. The molecule has 4 rings (SSSR count). The van der Waals surface area contributed by atoms with Crippen molar-refractivity contribution in [1.29, 1.82) is 0 Å². The van der Waals surface area contributed by atoms with Crippen LogP contribution in [0.3, 0.4) is 0 Å². The van der Waals surface area contributed by atoms with Crippen LogP contribution in [0.25, 0.3) is 11.1 Å². The van der Waals surface area contributed by atoms with Gasteiger partial charge in [-0.2, -0.15) is 0 Å². The predicted molar refractivity (Wildman–Crippen MR) is 103 cm³/mol. The number of hydrogen-bond donors (Lipinski definition) is 0. The van der Waals surface area contributed by atoms with Crippen LogP contribution in [0.2, 0.25) is 0 Å². The summed E-state index contributed by atoms with van der Waals surface area (Å²) in [4.78, 5) is 19.3. The first-order valence-electron chi connectivity index (χ1n) is 8.75. The molecule has 2 heterocycles. The molecular formula is C22H20N2O2. The Labute approximate surface area is 153 Å². The zero-order valence-electron chi connectivity index (χ0n) is 14.7. The van der Waals surface area contributed by atoms with Gasteiger partial charge in [0.2, 0.25) is 0 Å². The maximum atomic E-state index is 13.2. The molecule has 26 heavy (non-hydrogen) atoms. The quantitative estimate of drug-likeness (QED) is 0.709. The third kappa shape index (κ3) is 3.06. The molecule has 0 radical (unpaired) electrons. The lowest BCUT2D eigenvalue weighted by Crippen LogP contribution is -2.35. The largest absolute Gasteiger partial charge is 0.497 e. The Balaban J connectivity index is 1.69. The smallest absolute Gasteiger partial charge is 0.259 e. The number of ether oxygens (including phenoxy) is 1. The highest BCUT2D eigenvalue weighted by molar-refractivity contribution is 6.07. The average molecular weight is 344 g/mol.